The predicted octanol–water partition coefficient (Wildman–Crippen LogP) is 2.40. The fourth-order valence-electron chi connectivity index (χ4n) is 4.21. The van der Waals surface area contributed by atoms with Crippen LogP contribution in [0.3, 0.4) is 0 Å². The Hall–Kier alpha value is -3.99. The van der Waals surface area contributed by atoms with Crippen LogP contribution in [0.25, 0.3) is 0 Å². The van der Waals surface area contributed by atoms with Gasteiger partial charge in [-0.25, -0.2) is 9.97 Å². The number of carboxylic acids is 1. The molecule has 1 amide bonds. The molecule has 11 nitrogen and oxygen atoms in total. The van der Waals surface area contributed by atoms with Crippen molar-refractivity contribution in [2.75, 3.05) is 48.3 Å². The summed E-state index contributed by atoms with van der Waals surface area (Å²) in [5, 5.41) is 22.5. The van der Waals surface area contributed by atoms with Crippen LogP contribution in [0.4, 0.5) is 23.1 Å². The molecule has 0 radical (unpaired) electrons. The zero-order chi connectivity index (χ0) is 25.1. The van der Waals surface area contributed by atoms with E-state index in [1.807, 2.05) is 48.2 Å². The van der Waals surface area contributed by atoms with E-state index in [1.54, 1.807) is 0 Å². The molecule has 0 unspecified atom stereocenters. The van der Waals surface area contributed by atoms with E-state index in [1.165, 1.54) is 0 Å². The van der Waals surface area contributed by atoms with Gasteiger partial charge in [0.15, 0.2) is 5.82 Å². The minimum Gasteiger partial charge on any atom is -0.480 e. The maximum absolute atomic E-state index is 12.0. The Morgan fingerprint density at radius 2 is 1.81 bits per heavy atom. The molecule has 2 aliphatic rings. The molecule has 36 heavy (non-hydrogen) atoms. The van der Waals surface area contributed by atoms with E-state index < -0.39 is 5.97 Å². The molecule has 2 aromatic heterocycles. The summed E-state index contributed by atoms with van der Waals surface area (Å²) in [5.74, 6) is 2.20. The summed E-state index contributed by atoms with van der Waals surface area (Å²) in [4.78, 5) is 36.7. The number of nitrogens with one attached hydrogen (secondary N) is 3. The third-order valence-electron chi connectivity index (χ3n) is 6.31. The van der Waals surface area contributed by atoms with Gasteiger partial charge in [0.2, 0.25) is 5.91 Å². The Balaban J connectivity index is 1.32. The maximum Gasteiger partial charge on any atom is 0.317 e. The number of carboxylic acid groups (broad SMARTS) is 1. The van der Waals surface area contributed by atoms with Crippen LogP contribution in [-0.4, -0.2) is 74.8 Å². The fraction of sp³-hybridized carbons (Fsp3) is 0.400. The number of carbonyl (C=O) groups excluding carboxylic acids is 1. The molecule has 1 aliphatic carbocycles. The number of hydrogen-bond donors (Lipinski definition) is 4. The topological polar surface area (TPSA) is 139 Å². The van der Waals surface area contributed by atoms with Gasteiger partial charge in [0.25, 0.3) is 0 Å². The number of carbonyl (C=O) groups is 2. The first kappa shape index (κ1) is 23.7. The van der Waals surface area contributed by atoms with E-state index >= 15 is 0 Å². The lowest BCUT2D eigenvalue weighted by Gasteiger charge is -2.34. The fourth-order valence-corrected chi connectivity index (χ4v) is 4.21. The van der Waals surface area contributed by atoms with Gasteiger partial charge in [-0.3, -0.25) is 19.6 Å². The average molecular weight is 491 g/mol. The van der Waals surface area contributed by atoms with Crippen LogP contribution in [0.5, 0.6) is 0 Å². The molecule has 0 spiro atoms. The minimum absolute atomic E-state index is 0.0469. The number of amides is 1. The molecule has 5 rings (SSSR count). The second-order valence-corrected chi connectivity index (χ2v) is 9.38. The Morgan fingerprint density at radius 1 is 1.06 bits per heavy atom. The molecule has 2 fully saturated rings. The van der Waals surface area contributed by atoms with Gasteiger partial charge in [-0.15, -0.1) is 0 Å². The van der Waals surface area contributed by atoms with Crippen molar-refractivity contribution >= 4 is 35.0 Å². The van der Waals surface area contributed by atoms with Crippen molar-refractivity contribution in [1.29, 1.82) is 0 Å². The van der Waals surface area contributed by atoms with Gasteiger partial charge < -0.3 is 20.6 Å². The Labute approximate surface area is 208 Å². The smallest absolute Gasteiger partial charge is 0.317 e. The molecule has 1 aromatic carbocycles. The standard InChI is InChI=1S/C25H30N8O3/c1-16-12-22(31-30-16)28-21-14-23(33-10-8-32(9-11-33)15-24(34)35)29-20(27-21)13-17-2-6-19(7-3-17)26-25(36)18-4-5-18/h2-3,6-7,12,14,18H,4-5,8-11,13,15H2,1H3,(H,26,36)(H,34,35)(H2,27,28,29,30,31). The number of anilines is 4. The molecule has 11 heteroatoms. The van der Waals surface area contributed by atoms with E-state index in [9.17, 15) is 9.59 Å². The first-order valence-corrected chi connectivity index (χ1v) is 12.2. The van der Waals surface area contributed by atoms with Crippen LogP contribution in [0.1, 0.15) is 29.9 Å². The normalized spacial score (nSPS) is 16.1. The number of aliphatic carboxylic acids is 1. The summed E-state index contributed by atoms with van der Waals surface area (Å²) in [6, 6.07) is 11.6. The van der Waals surface area contributed by atoms with Crippen molar-refractivity contribution in [2.24, 2.45) is 5.92 Å². The van der Waals surface area contributed by atoms with Gasteiger partial charge in [-0.1, -0.05) is 12.1 Å². The van der Waals surface area contributed by atoms with Crippen LogP contribution in [-0.2, 0) is 16.0 Å². The number of nitrogens with zero attached hydrogens (tertiary/aromatic N) is 5. The molecule has 0 atom stereocenters. The molecule has 188 valence electrons. The second-order valence-electron chi connectivity index (χ2n) is 9.38. The lowest BCUT2D eigenvalue weighted by Crippen LogP contribution is -2.48. The maximum atomic E-state index is 12.0. The Morgan fingerprint density at radius 3 is 2.44 bits per heavy atom. The second kappa shape index (κ2) is 10.3. The SMILES string of the molecule is Cc1cc(Nc2cc(N3CCN(CC(=O)O)CC3)nc(Cc3ccc(NC(=O)C4CC4)cc3)n2)n[nH]1. The quantitative estimate of drug-likeness (QED) is 0.356. The number of aryl methyl sites for hydroxylation is 1. The molecule has 1 saturated carbocycles. The third kappa shape index (κ3) is 6.16. The molecular formula is C25H30N8O3. The number of rotatable bonds is 9. The summed E-state index contributed by atoms with van der Waals surface area (Å²) in [5.41, 5.74) is 2.76. The molecular weight excluding hydrogens is 460 g/mol. The number of H-pyrrole nitrogens is 1. The lowest BCUT2D eigenvalue weighted by molar-refractivity contribution is -0.138. The van der Waals surface area contributed by atoms with Crippen molar-refractivity contribution in [3.8, 4) is 0 Å². The molecule has 3 heterocycles. The summed E-state index contributed by atoms with van der Waals surface area (Å²) >= 11 is 0. The van der Waals surface area contributed by atoms with Crippen molar-refractivity contribution in [3.63, 3.8) is 0 Å². The number of piperazine rings is 1. The highest BCUT2D eigenvalue weighted by atomic mass is 16.4. The van der Waals surface area contributed by atoms with Crippen molar-refractivity contribution in [1.82, 2.24) is 25.1 Å². The van der Waals surface area contributed by atoms with Crippen molar-refractivity contribution in [2.45, 2.75) is 26.2 Å². The highest BCUT2D eigenvalue weighted by Gasteiger charge is 2.29. The molecule has 3 aromatic rings. The van der Waals surface area contributed by atoms with E-state index in [-0.39, 0.29) is 18.4 Å². The Bertz CT molecular complexity index is 1230. The number of aromatic nitrogens is 4. The molecule has 0 bridgehead atoms. The van der Waals surface area contributed by atoms with Gasteiger partial charge in [0.1, 0.15) is 17.5 Å². The summed E-state index contributed by atoms with van der Waals surface area (Å²) in [6.45, 7) is 4.65. The predicted molar refractivity (Wildman–Crippen MR) is 136 cm³/mol. The zero-order valence-electron chi connectivity index (χ0n) is 20.2. The average Bonchev–Trinajstić information content (AvgIpc) is 3.63. The van der Waals surface area contributed by atoms with Crippen molar-refractivity contribution in [3.05, 3.63) is 53.5 Å². The zero-order valence-corrected chi connectivity index (χ0v) is 20.2. The summed E-state index contributed by atoms with van der Waals surface area (Å²) in [7, 11) is 0. The summed E-state index contributed by atoms with van der Waals surface area (Å²) < 4.78 is 0. The largest absolute Gasteiger partial charge is 0.480 e. The van der Waals surface area contributed by atoms with Crippen LogP contribution in [0.15, 0.2) is 36.4 Å². The van der Waals surface area contributed by atoms with Crippen LogP contribution in [0, 0.1) is 12.8 Å². The third-order valence-corrected chi connectivity index (χ3v) is 6.31. The monoisotopic (exact) mass is 490 g/mol. The van der Waals surface area contributed by atoms with Crippen molar-refractivity contribution < 1.29 is 14.7 Å². The molecule has 4 N–H and O–H groups in total. The number of hydrogen-bond acceptors (Lipinski definition) is 8. The minimum atomic E-state index is -0.813. The highest BCUT2D eigenvalue weighted by Crippen LogP contribution is 2.30. The lowest BCUT2D eigenvalue weighted by atomic mass is 10.1. The first-order valence-electron chi connectivity index (χ1n) is 12.2. The first-order chi connectivity index (χ1) is 17.4. The van der Waals surface area contributed by atoms with E-state index in [0.29, 0.717) is 50.1 Å². The van der Waals surface area contributed by atoms with Gasteiger partial charge >= 0.3 is 5.97 Å². The molecule has 1 saturated heterocycles. The van der Waals surface area contributed by atoms with Crippen LogP contribution in [0.2, 0.25) is 0 Å². The molecule has 1 aliphatic heterocycles. The number of benzene rings is 1. The Kier molecular flexibility index (Phi) is 6.81. The van der Waals surface area contributed by atoms with E-state index in [0.717, 1.165) is 35.6 Å². The van der Waals surface area contributed by atoms with Crippen LogP contribution >= 0.6 is 0 Å². The number of aromatic amines is 1. The van der Waals surface area contributed by atoms with Crippen LogP contribution < -0.4 is 15.5 Å². The highest BCUT2D eigenvalue weighted by molar-refractivity contribution is 5.94. The van der Waals surface area contributed by atoms with Gasteiger partial charge in [-0.2, -0.15) is 5.10 Å². The van der Waals surface area contributed by atoms with Gasteiger partial charge in [0, 0.05) is 62.0 Å². The van der Waals surface area contributed by atoms with Gasteiger partial charge in [0.05, 0.1) is 6.54 Å². The van der Waals surface area contributed by atoms with E-state index in [2.05, 4.69) is 25.7 Å². The van der Waals surface area contributed by atoms with Gasteiger partial charge in [-0.05, 0) is 37.5 Å². The summed E-state index contributed by atoms with van der Waals surface area (Å²) in [6.07, 6.45) is 2.47. The van der Waals surface area contributed by atoms with E-state index in [4.69, 9.17) is 15.1 Å².